The van der Waals surface area contributed by atoms with E-state index in [1.165, 1.54) is 31.9 Å². The molecule has 3 rings (SSSR count). The molecule has 21 heavy (non-hydrogen) atoms. The first-order chi connectivity index (χ1) is 9.99. The first-order valence-electron chi connectivity index (χ1n) is 8.91. The zero-order valence-electron chi connectivity index (χ0n) is 13.6. The molecular formula is C17H31NO2S. The minimum absolute atomic E-state index is 0.0851. The van der Waals surface area contributed by atoms with Crippen LogP contribution in [0.5, 0.6) is 0 Å². The van der Waals surface area contributed by atoms with Gasteiger partial charge in [-0.2, -0.15) is 0 Å². The van der Waals surface area contributed by atoms with Crippen LogP contribution in [0.15, 0.2) is 0 Å². The smallest absolute Gasteiger partial charge is 0.150 e. The van der Waals surface area contributed by atoms with Gasteiger partial charge in [0.15, 0.2) is 0 Å². The van der Waals surface area contributed by atoms with Gasteiger partial charge in [0.25, 0.3) is 0 Å². The molecule has 0 aromatic carbocycles. The Bertz CT molecular complexity index is 451. The number of sulfone groups is 1. The highest BCUT2D eigenvalue weighted by Gasteiger charge is 2.49. The zero-order chi connectivity index (χ0) is 15.0. The van der Waals surface area contributed by atoms with Crippen LogP contribution in [-0.4, -0.2) is 32.5 Å². The lowest BCUT2D eigenvalue weighted by Gasteiger charge is -2.38. The van der Waals surface area contributed by atoms with E-state index in [0.29, 0.717) is 12.0 Å². The molecule has 1 N–H and O–H groups in total. The number of hydrogen-bond acceptors (Lipinski definition) is 3. The Morgan fingerprint density at radius 2 is 1.76 bits per heavy atom. The molecule has 3 fully saturated rings. The first kappa shape index (κ1) is 15.8. The number of rotatable bonds is 6. The molecule has 0 heterocycles. The molecule has 0 aliphatic heterocycles. The molecule has 3 aliphatic carbocycles. The fourth-order valence-corrected chi connectivity index (χ4v) is 6.17. The Morgan fingerprint density at radius 3 is 2.38 bits per heavy atom. The van der Waals surface area contributed by atoms with Gasteiger partial charge in [-0.15, -0.1) is 0 Å². The summed E-state index contributed by atoms with van der Waals surface area (Å²) in [7, 11) is -2.87. The fraction of sp³-hybridized carbons (Fsp3) is 1.00. The highest BCUT2D eigenvalue weighted by molar-refractivity contribution is 7.91. The van der Waals surface area contributed by atoms with Crippen molar-refractivity contribution in [2.45, 2.75) is 69.6 Å². The molecule has 3 aliphatic rings. The summed E-state index contributed by atoms with van der Waals surface area (Å²) in [6.07, 6.45) is 10.9. The maximum absolute atomic E-state index is 11.9. The van der Waals surface area contributed by atoms with Crippen molar-refractivity contribution in [2.75, 3.05) is 12.8 Å². The molecule has 0 radical (unpaired) electrons. The maximum atomic E-state index is 11.9. The fourth-order valence-electron chi connectivity index (χ4n) is 4.98. The van der Waals surface area contributed by atoms with E-state index in [9.17, 15) is 8.42 Å². The summed E-state index contributed by atoms with van der Waals surface area (Å²) in [5.41, 5.74) is 0. The van der Waals surface area contributed by atoms with Gasteiger partial charge < -0.3 is 5.32 Å². The maximum Gasteiger partial charge on any atom is 0.150 e. The quantitative estimate of drug-likeness (QED) is 0.820. The average Bonchev–Trinajstić information content (AvgIpc) is 3.05. The largest absolute Gasteiger partial charge is 0.313 e. The summed E-state index contributed by atoms with van der Waals surface area (Å²) in [4.78, 5) is 0. The number of nitrogens with one attached hydrogen (secondary N) is 1. The van der Waals surface area contributed by atoms with Gasteiger partial charge in [-0.25, -0.2) is 8.42 Å². The molecule has 3 nitrogen and oxygen atoms in total. The van der Waals surface area contributed by atoms with Gasteiger partial charge in [0, 0.05) is 12.3 Å². The van der Waals surface area contributed by atoms with Gasteiger partial charge in [-0.1, -0.05) is 13.3 Å². The van der Waals surface area contributed by atoms with E-state index in [4.69, 9.17) is 0 Å². The van der Waals surface area contributed by atoms with E-state index in [1.807, 2.05) is 0 Å². The summed E-state index contributed by atoms with van der Waals surface area (Å²) >= 11 is 0. The van der Waals surface area contributed by atoms with Crippen LogP contribution in [0.3, 0.4) is 0 Å². The minimum Gasteiger partial charge on any atom is -0.313 e. The monoisotopic (exact) mass is 313 g/mol. The van der Waals surface area contributed by atoms with E-state index in [1.54, 1.807) is 0 Å². The van der Waals surface area contributed by atoms with Crippen LogP contribution in [0.2, 0.25) is 0 Å². The molecule has 4 heteroatoms. The van der Waals surface area contributed by atoms with Crippen LogP contribution in [0.1, 0.15) is 58.3 Å². The third kappa shape index (κ3) is 3.64. The van der Waals surface area contributed by atoms with Crippen LogP contribution in [0, 0.1) is 23.7 Å². The summed E-state index contributed by atoms with van der Waals surface area (Å²) < 4.78 is 23.9. The number of hydrogen-bond donors (Lipinski definition) is 1. The van der Waals surface area contributed by atoms with Crippen LogP contribution in [-0.2, 0) is 9.84 Å². The second kappa shape index (κ2) is 6.19. The van der Waals surface area contributed by atoms with Crippen molar-refractivity contribution in [3.05, 3.63) is 0 Å². The van der Waals surface area contributed by atoms with E-state index in [0.717, 1.165) is 50.0 Å². The molecule has 122 valence electrons. The van der Waals surface area contributed by atoms with Crippen molar-refractivity contribution in [1.29, 1.82) is 0 Å². The van der Waals surface area contributed by atoms with Crippen LogP contribution in [0.4, 0.5) is 0 Å². The van der Waals surface area contributed by atoms with E-state index >= 15 is 0 Å². The zero-order valence-corrected chi connectivity index (χ0v) is 14.4. The summed E-state index contributed by atoms with van der Waals surface area (Å²) in [6.45, 7) is 3.30. The lowest BCUT2D eigenvalue weighted by atomic mass is 9.77. The third-order valence-electron chi connectivity index (χ3n) is 6.20. The molecule has 0 aromatic heterocycles. The normalized spacial score (nSPS) is 40.8. The third-order valence-corrected chi connectivity index (χ3v) is 7.84. The topological polar surface area (TPSA) is 46.2 Å². The van der Waals surface area contributed by atoms with Crippen molar-refractivity contribution in [3.8, 4) is 0 Å². The Labute approximate surface area is 130 Å². The predicted octanol–water partition coefficient (Wildman–Crippen LogP) is 3.00. The summed E-state index contributed by atoms with van der Waals surface area (Å²) in [6, 6.07) is 0.572. The average molecular weight is 314 g/mol. The molecule has 5 atom stereocenters. The van der Waals surface area contributed by atoms with Gasteiger partial charge in [-0.3, -0.25) is 0 Å². The summed E-state index contributed by atoms with van der Waals surface area (Å²) in [5.74, 6) is 3.40. The molecule has 0 amide bonds. The molecule has 0 spiro atoms. The molecule has 0 saturated heterocycles. The summed E-state index contributed by atoms with van der Waals surface area (Å²) in [5, 5.41) is 3.71. The Balaban J connectivity index is 1.66. The Kier molecular flexibility index (Phi) is 4.66. The van der Waals surface area contributed by atoms with Crippen molar-refractivity contribution in [3.63, 3.8) is 0 Å². The SMILES string of the molecule is CCCNC(C1CC2CC2C1)C1CCCC(S(C)(=O)=O)C1. The Morgan fingerprint density at radius 1 is 1.05 bits per heavy atom. The van der Waals surface area contributed by atoms with Crippen molar-refractivity contribution in [2.24, 2.45) is 23.7 Å². The van der Waals surface area contributed by atoms with Crippen molar-refractivity contribution in [1.82, 2.24) is 5.32 Å². The lowest BCUT2D eigenvalue weighted by Crippen LogP contribution is -2.45. The van der Waals surface area contributed by atoms with Crippen LogP contribution < -0.4 is 5.32 Å². The van der Waals surface area contributed by atoms with Gasteiger partial charge in [0.2, 0.25) is 0 Å². The van der Waals surface area contributed by atoms with Gasteiger partial charge in [0.05, 0.1) is 5.25 Å². The molecule has 3 saturated carbocycles. The second-order valence-corrected chi connectivity index (χ2v) is 10.2. The molecule has 0 bridgehead atoms. The predicted molar refractivity (Wildman–Crippen MR) is 87.0 cm³/mol. The van der Waals surface area contributed by atoms with E-state index < -0.39 is 9.84 Å². The standard InChI is InChI=1S/C17H31NO2S/c1-3-7-18-17(15-9-13-8-14(13)10-15)12-5-4-6-16(11-12)21(2,19)20/h12-18H,3-11H2,1-2H3. The molecule has 5 unspecified atom stereocenters. The van der Waals surface area contributed by atoms with Gasteiger partial charge >= 0.3 is 0 Å². The van der Waals surface area contributed by atoms with Crippen molar-refractivity contribution < 1.29 is 8.42 Å². The van der Waals surface area contributed by atoms with Crippen LogP contribution in [0.25, 0.3) is 0 Å². The van der Waals surface area contributed by atoms with E-state index in [2.05, 4.69) is 12.2 Å². The van der Waals surface area contributed by atoms with Gasteiger partial charge in [0.1, 0.15) is 9.84 Å². The first-order valence-corrected chi connectivity index (χ1v) is 10.9. The minimum atomic E-state index is -2.87. The van der Waals surface area contributed by atoms with Crippen LogP contribution >= 0.6 is 0 Å². The van der Waals surface area contributed by atoms with E-state index in [-0.39, 0.29) is 5.25 Å². The van der Waals surface area contributed by atoms with Crippen molar-refractivity contribution >= 4 is 9.84 Å². The molecule has 0 aromatic rings. The lowest BCUT2D eigenvalue weighted by molar-refractivity contribution is 0.200. The highest BCUT2D eigenvalue weighted by atomic mass is 32.2. The highest BCUT2D eigenvalue weighted by Crippen LogP contribution is 2.56. The number of fused-ring (bicyclic) bond motifs is 1. The Hall–Kier alpha value is -0.0900. The molecular weight excluding hydrogens is 282 g/mol. The van der Waals surface area contributed by atoms with Gasteiger partial charge in [-0.05, 0) is 75.2 Å². The second-order valence-electron chi connectivity index (χ2n) is 7.85.